The number of nitrogens with zero attached hydrogens (tertiary/aromatic N) is 1. The Morgan fingerprint density at radius 3 is 2.72 bits per heavy atom. The number of hydrogen-bond acceptors (Lipinski definition) is 5. The van der Waals surface area contributed by atoms with E-state index in [4.69, 9.17) is 16.3 Å². The summed E-state index contributed by atoms with van der Waals surface area (Å²) in [4.78, 5) is 13.1. The molecule has 1 atom stereocenters. The van der Waals surface area contributed by atoms with Gasteiger partial charge in [0.05, 0.1) is 6.54 Å². The predicted molar refractivity (Wildman–Crippen MR) is 115 cm³/mol. The highest BCUT2D eigenvalue weighted by molar-refractivity contribution is 7.91. The van der Waals surface area contributed by atoms with Gasteiger partial charge in [-0.3, -0.25) is 4.79 Å². The van der Waals surface area contributed by atoms with Gasteiger partial charge >= 0.3 is 0 Å². The van der Waals surface area contributed by atoms with Crippen LogP contribution < -0.4 is 10.1 Å². The molecule has 1 fully saturated rings. The first-order chi connectivity index (χ1) is 13.8. The van der Waals surface area contributed by atoms with Gasteiger partial charge in [-0.05, 0) is 56.0 Å². The van der Waals surface area contributed by atoms with Crippen LogP contribution in [-0.4, -0.2) is 37.8 Å². The van der Waals surface area contributed by atoms with Crippen molar-refractivity contribution >= 4 is 38.9 Å². The summed E-state index contributed by atoms with van der Waals surface area (Å²) in [5.74, 6) is 0.792. The van der Waals surface area contributed by atoms with Gasteiger partial charge in [-0.25, -0.2) is 8.42 Å². The van der Waals surface area contributed by atoms with Crippen molar-refractivity contribution in [3.05, 3.63) is 46.3 Å². The average Bonchev–Trinajstić information content (AvgIpc) is 3.16. The summed E-state index contributed by atoms with van der Waals surface area (Å²) in [6.45, 7) is 5.17. The van der Waals surface area contributed by atoms with Crippen molar-refractivity contribution in [3.8, 4) is 5.75 Å². The molecular weight excluding hydrogens is 432 g/mol. The van der Waals surface area contributed by atoms with Crippen molar-refractivity contribution in [2.45, 2.75) is 43.5 Å². The molecule has 158 valence electrons. The van der Waals surface area contributed by atoms with Crippen LogP contribution in [-0.2, 0) is 21.4 Å². The molecule has 1 aliphatic rings. The third-order valence-electron chi connectivity index (χ3n) is 4.89. The fraction of sp³-hybridized carbons (Fsp3) is 0.450. The quantitative estimate of drug-likeness (QED) is 0.685. The Balaban J connectivity index is 1.55. The highest BCUT2D eigenvalue weighted by Crippen LogP contribution is 2.28. The van der Waals surface area contributed by atoms with Crippen LogP contribution >= 0.6 is 22.9 Å². The minimum Gasteiger partial charge on any atom is -0.481 e. The van der Waals surface area contributed by atoms with Gasteiger partial charge in [-0.1, -0.05) is 24.6 Å². The average molecular weight is 457 g/mol. The Labute approximate surface area is 180 Å². The lowest BCUT2D eigenvalue weighted by Gasteiger charge is -2.28. The minimum absolute atomic E-state index is 0.249. The first-order valence-corrected chi connectivity index (χ1v) is 12.2. The predicted octanol–water partition coefficient (Wildman–Crippen LogP) is 3.91. The zero-order valence-electron chi connectivity index (χ0n) is 16.4. The van der Waals surface area contributed by atoms with Crippen LogP contribution in [0.5, 0.6) is 5.75 Å². The molecular formula is C20H25ClN2O4S2. The monoisotopic (exact) mass is 456 g/mol. The maximum absolute atomic E-state index is 12.8. The zero-order valence-corrected chi connectivity index (χ0v) is 18.8. The lowest BCUT2D eigenvalue weighted by molar-refractivity contribution is -0.127. The Kier molecular flexibility index (Phi) is 7.21. The van der Waals surface area contributed by atoms with Crippen LogP contribution in [0.25, 0.3) is 0 Å². The molecule has 1 N–H and O–H groups in total. The molecule has 9 heteroatoms. The largest absolute Gasteiger partial charge is 0.481 e. The molecule has 6 nitrogen and oxygen atoms in total. The van der Waals surface area contributed by atoms with Crippen LogP contribution in [0.2, 0.25) is 5.02 Å². The molecule has 0 unspecified atom stereocenters. The van der Waals surface area contributed by atoms with E-state index in [2.05, 4.69) is 12.2 Å². The van der Waals surface area contributed by atoms with Gasteiger partial charge in [0, 0.05) is 23.0 Å². The molecule has 1 aliphatic heterocycles. The van der Waals surface area contributed by atoms with E-state index in [1.165, 1.54) is 11.3 Å². The number of sulfonamides is 1. The Hall–Kier alpha value is -1.61. The summed E-state index contributed by atoms with van der Waals surface area (Å²) in [5.41, 5.74) is 0. The summed E-state index contributed by atoms with van der Waals surface area (Å²) in [6, 6.07) is 10.2. The Morgan fingerprint density at radius 1 is 1.31 bits per heavy atom. The van der Waals surface area contributed by atoms with Gasteiger partial charge in [0.15, 0.2) is 6.10 Å². The summed E-state index contributed by atoms with van der Waals surface area (Å²) in [6.07, 6.45) is 1.07. The van der Waals surface area contributed by atoms with Gasteiger partial charge in [-0.15, -0.1) is 11.3 Å². The number of ether oxygens (including phenoxy) is 1. The van der Waals surface area contributed by atoms with Gasteiger partial charge in [0.1, 0.15) is 9.96 Å². The van der Waals surface area contributed by atoms with E-state index >= 15 is 0 Å². The first kappa shape index (κ1) is 22.1. The normalized spacial score (nSPS) is 17.1. The Bertz CT molecular complexity index is 953. The number of rotatable bonds is 7. The summed E-state index contributed by atoms with van der Waals surface area (Å²) in [7, 11) is -3.46. The van der Waals surface area contributed by atoms with Crippen molar-refractivity contribution in [1.29, 1.82) is 0 Å². The Morgan fingerprint density at radius 2 is 2.03 bits per heavy atom. The molecule has 1 aromatic carbocycles. The second-order valence-corrected chi connectivity index (χ2v) is 11.0. The van der Waals surface area contributed by atoms with Crippen molar-refractivity contribution in [3.63, 3.8) is 0 Å². The topological polar surface area (TPSA) is 75.7 Å². The molecule has 1 saturated heterocycles. The smallest absolute Gasteiger partial charge is 0.261 e. The number of amides is 1. The molecule has 2 heterocycles. The van der Waals surface area contributed by atoms with Crippen molar-refractivity contribution in [1.82, 2.24) is 9.62 Å². The maximum Gasteiger partial charge on any atom is 0.261 e. The van der Waals surface area contributed by atoms with Gasteiger partial charge in [0.25, 0.3) is 15.9 Å². The number of hydrogen-bond donors (Lipinski definition) is 1. The van der Waals surface area contributed by atoms with E-state index in [0.717, 1.165) is 17.7 Å². The molecule has 0 saturated carbocycles. The molecule has 0 radical (unpaired) electrons. The molecule has 0 bridgehead atoms. The second-order valence-electron chi connectivity index (χ2n) is 7.24. The molecule has 0 aliphatic carbocycles. The third kappa shape index (κ3) is 5.72. The number of piperidine rings is 1. The van der Waals surface area contributed by atoms with E-state index < -0.39 is 16.1 Å². The number of benzene rings is 1. The third-order valence-corrected chi connectivity index (χ3v) is 8.58. The highest BCUT2D eigenvalue weighted by atomic mass is 35.5. The van der Waals surface area contributed by atoms with E-state index in [9.17, 15) is 13.2 Å². The SMILES string of the molecule is CC1CCN(S(=O)(=O)c2ccc(CNC(=O)[C@H](C)Oc3cccc(Cl)c3)s2)CC1. The van der Waals surface area contributed by atoms with Gasteiger partial charge in [-0.2, -0.15) is 4.31 Å². The number of nitrogens with one attached hydrogen (secondary N) is 1. The summed E-state index contributed by atoms with van der Waals surface area (Å²) in [5, 5.41) is 3.32. The van der Waals surface area contributed by atoms with Gasteiger partial charge in [0.2, 0.25) is 0 Å². The number of halogens is 1. The fourth-order valence-electron chi connectivity index (χ4n) is 3.06. The van der Waals surface area contributed by atoms with E-state index in [0.29, 0.717) is 34.0 Å². The van der Waals surface area contributed by atoms with Crippen LogP contribution in [0.15, 0.2) is 40.6 Å². The van der Waals surface area contributed by atoms with E-state index in [-0.39, 0.29) is 12.5 Å². The fourth-order valence-corrected chi connectivity index (χ4v) is 6.16. The summed E-state index contributed by atoms with van der Waals surface area (Å²) >= 11 is 7.11. The minimum atomic E-state index is -3.46. The lowest BCUT2D eigenvalue weighted by atomic mass is 10.0. The number of carbonyl (C=O) groups is 1. The highest BCUT2D eigenvalue weighted by Gasteiger charge is 2.29. The summed E-state index contributed by atoms with van der Waals surface area (Å²) < 4.78 is 33.1. The second kappa shape index (κ2) is 9.47. The molecule has 3 rings (SSSR count). The zero-order chi connectivity index (χ0) is 21.0. The van der Waals surface area contributed by atoms with Crippen molar-refractivity contribution in [2.75, 3.05) is 13.1 Å². The number of thiophene rings is 1. The van der Waals surface area contributed by atoms with Gasteiger partial charge < -0.3 is 10.1 Å². The molecule has 1 aromatic heterocycles. The molecule has 29 heavy (non-hydrogen) atoms. The standard InChI is InChI=1S/C20H25ClN2O4S2/c1-14-8-10-23(11-9-14)29(25,26)19-7-6-18(28-19)13-22-20(24)15(2)27-17-5-3-4-16(21)12-17/h3-7,12,14-15H,8-11,13H2,1-2H3,(H,22,24)/t15-/m0/s1. The first-order valence-electron chi connectivity index (χ1n) is 9.54. The van der Waals surface area contributed by atoms with Crippen LogP contribution in [0.3, 0.4) is 0 Å². The van der Waals surface area contributed by atoms with Crippen molar-refractivity contribution in [2.24, 2.45) is 5.92 Å². The van der Waals surface area contributed by atoms with Crippen LogP contribution in [0.4, 0.5) is 0 Å². The van der Waals surface area contributed by atoms with E-state index in [1.807, 2.05) is 0 Å². The lowest BCUT2D eigenvalue weighted by Crippen LogP contribution is -2.37. The van der Waals surface area contributed by atoms with Crippen molar-refractivity contribution < 1.29 is 17.9 Å². The number of carbonyl (C=O) groups excluding carboxylic acids is 1. The maximum atomic E-state index is 12.8. The van der Waals surface area contributed by atoms with Crippen LogP contribution in [0.1, 0.15) is 31.6 Å². The molecule has 1 amide bonds. The molecule has 2 aromatic rings. The van der Waals surface area contributed by atoms with E-state index in [1.54, 1.807) is 47.6 Å². The van der Waals surface area contributed by atoms with Crippen LogP contribution in [0, 0.1) is 5.92 Å². The molecule has 0 spiro atoms.